The molecule has 1 aromatic carbocycles. The van der Waals surface area contributed by atoms with Gasteiger partial charge in [0.05, 0.1) is 5.25 Å². The van der Waals surface area contributed by atoms with Crippen molar-refractivity contribution in [3.63, 3.8) is 0 Å². The number of nitrogens with one attached hydrogen (secondary N) is 1. The fourth-order valence-electron chi connectivity index (χ4n) is 2.35. The molecule has 1 aliphatic carbocycles. The molecule has 3 nitrogen and oxygen atoms in total. The first-order chi connectivity index (χ1) is 8.09. The van der Waals surface area contributed by atoms with Crippen molar-refractivity contribution < 1.29 is 8.42 Å². The Morgan fingerprint density at radius 2 is 1.76 bits per heavy atom. The summed E-state index contributed by atoms with van der Waals surface area (Å²) in [6.45, 7) is 1.89. The summed E-state index contributed by atoms with van der Waals surface area (Å²) < 4.78 is 27.0. The van der Waals surface area contributed by atoms with Crippen molar-refractivity contribution in [2.45, 2.75) is 43.9 Å². The molecule has 1 atom stereocenters. The highest BCUT2D eigenvalue weighted by Crippen LogP contribution is 2.25. The molecule has 0 aliphatic heterocycles. The highest BCUT2D eigenvalue weighted by molar-refractivity contribution is 7.90. The van der Waals surface area contributed by atoms with Crippen LogP contribution < -0.4 is 4.72 Å². The van der Waals surface area contributed by atoms with Gasteiger partial charge in [-0.05, 0) is 25.3 Å². The van der Waals surface area contributed by atoms with E-state index in [1.54, 1.807) is 0 Å². The maximum absolute atomic E-state index is 12.1. The van der Waals surface area contributed by atoms with Crippen LogP contribution in [0.3, 0.4) is 0 Å². The first-order valence-corrected chi connectivity index (χ1v) is 7.70. The van der Waals surface area contributed by atoms with E-state index in [4.69, 9.17) is 0 Å². The second-order valence-electron chi connectivity index (χ2n) is 4.70. The van der Waals surface area contributed by atoms with Gasteiger partial charge in [-0.1, -0.05) is 43.2 Å². The zero-order valence-corrected chi connectivity index (χ0v) is 10.9. The summed E-state index contributed by atoms with van der Waals surface area (Å²) in [4.78, 5) is 0. The molecule has 4 heteroatoms. The van der Waals surface area contributed by atoms with Crippen molar-refractivity contribution >= 4 is 10.0 Å². The first-order valence-electron chi connectivity index (χ1n) is 6.16. The van der Waals surface area contributed by atoms with Crippen LogP contribution in [0.1, 0.15) is 44.2 Å². The molecule has 2 rings (SSSR count). The van der Waals surface area contributed by atoms with Gasteiger partial charge in [0, 0.05) is 6.04 Å². The quantitative estimate of drug-likeness (QED) is 0.896. The monoisotopic (exact) mass is 253 g/mol. The predicted octanol–water partition coefficient (Wildman–Crippen LogP) is 2.61. The van der Waals surface area contributed by atoms with E-state index in [1.807, 2.05) is 37.3 Å². The molecule has 0 heterocycles. The van der Waals surface area contributed by atoms with Gasteiger partial charge in [-0.2, -0.15) is 0 Å². The van der Waals surface area contributed by atoms with Crippen molar-refractivity contribution in [1.29, 1.82) is 0 Å². The van der Waals surface area contributed by atoms with E-state index in [9.17, 15) is 8.42 Å². The largest absolute Gasteiger partial charge is 0.215 e. The molecule has 1 aromatic rings. The number of rotatable bonds is 4. The maximum Gasteiger partial charge on any atom is 0.215 e. The molecule has 94 valence electrons. The second kappa shape index (κ2) is 5.19. The van der Waals surface area contributed by atoms with E-state index < -0.39 is 10.0 Å². The van der Waals surface area contributed by atoms with Crippen LogP contribution in [0.2, 0.25) is 0 Å². The smallest absolute Gasteiger partial charge is 0.212 e. The fraction of sp³-hybridized carbons (Fsp3) is 0.538. The molecule has 0 saturated heterocycles. The molecular weight excluding hydrogens is 234 g/mol. The average Bonchev–Trinajstić information content (AvgIpc) is 2.84. The van der Waals surface area contributed by atoms with Crippen LogP contribution in [-0.2, 0) is 10.0 Å². The van der Waals surface area contributed by atoms with E-state index in [1.165, 1.54) is 0 Å². The fourth-order valence-corrected chi connectivity index (χ4v) is 4.13. The summed E-state index contributed by atoms with van der Waals surface area (Å²) in [7, 11) is -3.16. The molecule has 0 radical (unpaired) electrons. The van der Waals surface area contributed by atoms with Crippen LogP contribution in [0.15, 0.2) is 30.3 Å². The van der Waals surface area contributed by atoms with E-state index in [0.717, 1.165) is 31.2 Å². The van der Waals surface area contributed by atoms with Crippen LogP contribution in [0.25, 0.3) is 0 Å². The van der Waals surface area contributed by atoms with Gasteiger partial charge in [-0.25, -0.2) is 13.1 Å². The van der Waals surface area contributed by atoms with Crippen molar-refractivity contribution in [2.75, 3.05) is 0 Å². The van der Waals surface area contributed by atoms with Gasteiger partial charge >= 0.3 is 0 Å². The Bertz CT molecular complexity index is 450. The minimum Gasteiger partial charge on any atom is -0.212 e. The van der Waals surface area contributed by atoms with Crippen molar-refractivity contribution in [3.8, 4) is 0 Å². The second-order valence-corrected chi connectivity index (χ2v) is 6.69. The summed E-state index contributed by atoms with van der Waals surface area (Å²) in [5.74, 6) is 0. The molecule has 17 heavy (non-hydrogen) atoms. The molecule has 0 spiro atoms. The Hall–Kier alpha value is -0.870. The van der Waals surface area contributed by atoms with Gasteiger partial charge in [0.15, 0.2) is 0 Å². The third-order valence-corrected chi connectivity index (χ3v) is 5.41. The third kappa shape index (κ3) is 3.07. The normalized spacial score (nSPS) is 19.4. The SMILES string of the molecule is C[C@@H](NS(=O)(=O)C1CCCC1)c1ccccc1. The summed E-state index contributed by atoms with van der Waals surface area (Å²) in [5, 5.41) is -0.186. The Balaban J connectivity index is 2.05. The topological polar surface area (TPSA) is 46.2 Å². The van der Waals surface area contributed by atoms with Gasteiger partial charge < -0.3 is 0 Å². The van der Waals surface area contributed by atoms with E-state index in [2.05, 4.69) is 4.72 Å². The van der Waals surface area contributed by atoms with Gasteiger partial charge in [0.2, 0.25) is 10.0 Å². The Morgan fingerprint density at radius 3 is 2.35 bits per heavy atom. The van der Waals surface area contributed by atoms with Crippen LogP contribution in [-0.4, -0.2) is 13.7 Å². The molecule has 0 amide bonds. The average molecular weight is 253 g/mol. The lowest BCUT2D eigenvalue weighted by atomic mass is 10.1. The zero-order valence-electron chi connectivity index (χ0n) is 10.1. The van der Waals surface area contributed by atoms with Gasteiger partial charge in [-0.15, -0.1) is 0 Å². The molecular formula is C13H19NO2S. The maximum atomic E-state index is 12.1. The highest BCUT2D eigenvalue weighted by Gasteiger charge is 2.29. The molecule has 0 aromatic heterocycles. The number of benzene rings is 1. The minimum atomic E-state index is -3.16. The number of sulfonamides is 1. The zero-order chi connectivity index (χ0) is 12.3. The van der Waals surface area contributed by atoms with E-state index in [0.29, 0.717) is 0 Å². The third-order valence-electron chi connectivity index (χ3n) is 3.38. The van der Waals surface area contributed by atoms with Crippen LogP contribution in [0, 0.1) is 0 Å². The standard InChI is InChI=1S/C13H19NO2S/c1-11(12-7-3-2-4-8-12)14-17(15,16)13-9-5-6-10-13/h2-4,7-8,11,13-14H,5-6,9-10H2,1H3/t11-/m1/s1. The lowest BCUT2D eigenvalue weighted by molar-refractivity contribution is 0.550. The Labute approximate surface area is 103 Å². The predicted molar refractivity (Wildman–Crippen MR) is 69.2 cm³/mol. The molecule has 1 saturated carbocycles. The molecule has 1 fully saturated rings. The van der Waals surface area contributed by atoms with E-state index >= 15 is 0 Å². The minimum absolute atomic E-state index is 0.151. The van der Waals surface area contributed by atoms with Crippen molar-refractivity contribution in [3.05, 3.63) is 35.9 Å². The summed E-state index contributed by atoms with van der Waals surface area (Å²) in [6.07, 6.45) is 3.67. The number of hydrogen-bond donors (Lipinski definition) is 1. The Kier molecular flexibility index (Phi) is 3.84. The summed E-state index contributed by atoms with van der Waals surface area (Å²) in [5.41, 5.74) is 1.01. The van der Waals surface area contributed by atoms with Gasteiger partial charge in [0.1, 0.15) is 0 Å². The summed E-state index contributed by atoms with van der Waals surface area (Å²) >= 11 is 0. The molecule has 0 bridgehead atoms. The molecule has 1 N–H and O–H groups in total. The van der Waals surface area contributed by atoms with E-state index in [-0.39, 0.29) is 11.3 Å². The molecule has 1 aliphatic rings. The lowest BCUT2D eigenvalue weighted by Crippen LogP contribution is -2.34. The Morgan fingerprint density at radius 1 is 1.18 bits per heavy atom. The van der Waals surface area contributed by atoms with Crippen LogP contribution in [0.5, 0.6) is 0 Å². The van der Waals surface area contributed by atoms with Gasteiger partial charge in [-0.3, -0.25) is 0 Å². The first kappa shape index (κ1) is 12.6. The lowest BCUT2D eigenvalue weighted by Gasteiger charge is -2.18. The number of hydrogen-bond acceptors (Lipinski definition) is 2. The van der Waals surface area contributed by atoms with Crippen molar-refractivity contribution in [1.82, 2.24) is 4.72 Å². The van der Waals surface area contributed by atoms with Crippen LogP contribution in [0.4, 0.5) is 0 Å². The highest BCUT2D eigenvalue weighted by atomic mass is 32.2. The van der Waals surface area contributed by atoms with Crippen LogP contribution >= 0.6 is 0 Å². The van der Waals surface area contributed by atoms with Crippen molar-refractivity contribution in [2.24, 2.45) is 0 Å². The summed E-state index contributed by atoms with van der Waals surface area (Å²) in [6, 6.07) is 9.53. The molecule has 0 unspecified atom stereocenters. The van der Waals surface area contributed by atoms with Gasteiger partial charge in [0.25, 0.3) is 0 Å².